The highest BCUT2D eigenvalue weighted by atomic mass is 16.2. The highest BCUT2D eigenvalue weighted by Gasteiger charge is 2.39. The largest absolute Gasteiger partial charge is 0.360 e. The minimum atomic E-state index is -0.0393. The first-order valence-electron chi connectivity index (χ1n) is 8.46. The van der Waals surface area contributed by atoms with Crippen LogP contribution in [0.15, 0.2) is 30.5 Å². The third-order valence-corrected chi connectivity index (χ3v) is 5.15. The lowest BCUT2D eigenvalue weighted by Gasteiger charge is -2.42. The molecule has 2 aliphatic rings. The first-order chi connectivity index (χ1) is 11.6. The summed E-state index contributed by atoms with van der Waals surface area (Å²) in [6, 6.07) is 7.79. The molecule has 6 nitrogen and oxygen atoms in total. The molecule has 2 aliphatic heterocycles. The number of aromatic amines is 1. The number of H-pyrrole nitrogens is 1. The highest BCUT2D eigenvalue weighted by molar-refractivity contribution is 6.07. The molecule has 1 N–H and O–H groups in total. The zero-order valence-electron chi connectivity index (χ0n) is 13.9. The quantitative estimate of drug-likeness (QED) is 0.896. The molecule has 0 unspecified atom stereocenters. The summed E-state index contributed by atoms with van der Waals surface area (Å²) < 4.78 is 0. The van der Waals surface area contributed by atoms with E-state index in [1.54, 1.807) is 11.1 Å². The molecule has 0 aliphatic carbocycles. The van der Waals surface area contributed by atoms with E-state index in [9.17, 15) is 9.59 Å². The average molecular weight is 326 g/mol. The Morgan fingerprint density at radius 3 is 2.50 bits per heavy atom. The molecule has 0 atom stereocenters. The fourth-order valence-electron chi connectivity index (χ4n) is 3.50. The Balaban J connectivity index is 1.38. The second kappa shape index (κ2) is 5.94. The van der Waals surface area contributed by atoms with Crippen molar-refractivity contribution in [2.24, 2.45) is 5.92 Å². The molecule has 2 saturated heterocycles. The lowest BCUT2D eigenvalue weighted by Crippen LogP contribution is -2.58. The molecule has 0 saturated carbocycles. The van der Waals surface area contributed by atoms with E-state index in [1.807, 2.05) is 29.2 Å². The molecule has 0 spiro atoms. The molecule has 1 aromatic heterocycles. The number of nitrogens with one attached hydrogen (secondary N) is 1. The van der Waals surface area contributed by atoms with Gasteiger partial charge in [0.05, 0.1) is 11.5 Å². The number of hydrogen-bond donors (Lipinski definition) is 1. The van der Waals surface area contributed by atoms with Gasteiger partial charge in [0.15, 0.2) is 0 Å². The van der Waals surface area contributed by atoms with Gasteiger partial charge in [-0.15, -0.1) is 0 Å². The Bertz CT molecular complexity index is 770. The van der Waals surface area contributed by atoms with Gasteiger partial charge >= 0.3 is 0 Å². The van der Waals surface area contributed by atoms with Gasteiger partial charge in [0.2, 0.25) is 5.91 Å². The van der Waals surface area contributed by atoms with E-state index in [4.69, 9.17) is 0 Å². The Kier molecular flexibility index (Phi) is 3.76. The number of carbonyl (C=O) groups excluding carboxylic acids is 2. The van der Waals surface area contributed by atoms with E-state index < -0.39 is 0 Å². The number of nitrogens with zero attached hydrogens (tertiary/aromatic N) is 3. The van der Waals surface area contributed by atoms with E-state index in [-0.39, 0.29) is 17.7 Å². The van der Waals surface area contributed by atoms with Crippen LogP contribution in [-0.2, 0) is 4.79 Å². The minimum absolute atomic E-state index is 0.00915. The van der Waals surface area contributed by atoms with Crippen LogP contribution in [0.5, 0.6) is 0 Å². The fraction of sp³-hybridized carbons (Fsp3) is 0.444. The molecule has 0 bridgehead atoms. The van der Waals surface area contributed by atoms with Crippen molar-refractivity contribution < 1.29 is 9.59 Å². The van der Waals surface area contributed by atoms with Crippen LogP contribution in [0.4, 0.5) is 0 Å². The molecule has 4 rings (SSSR count). The van der Waals surface area contributed by atoms with Crippen LogP contribution < -0.4 is 0 Å². The number of likely N-dealkylation sites (N-methyl/N-ethyl adjacent to an activating group) is 1. The molecule has 1 aromatic carbocycles. The molecule has 2 aromatic rings. The van der Waals surface area contributed by atoms with Gasteiger partial charge < -0.3 is 19.7 Å². The summed E-state index contributed by atoms with van der Waals surface area (Å²) in [5.74, 6) is 0.170. The van der Waals surface area contributed by atoms with Crippen molar-refractivity contribution in [2.75, 3.05) is 46.3 Å². The first kappa shape index (κ1) is 15.2. The molecule has 2 amide bonds. The summed E-state index contributed by atoms with van der Waals surface area (Å²) in [6.07, 6.45) is 1.77. The van der Waals surface area contributed by atoms with Gasteiger partial charge in [-0.05, 0) is 13.1 Å². The third kappa shape index (κ3) is 2.57. The molecular weight excluding hydrogens is 304 g/mol. The summed E-state index contributed by atoms with van der Waals surface area (Å²) in [6.45, 7) is 4.50. The number of para-hydroxylation sites is 1. The topological polar surface area (TPSA) is 59.6 Å². The molecule has 24 heavy (non-hydrogen) atoms. The average Bonchev–Trinajstić information content (AvgIpc) is 2.98. The third-order valence-electron chi connectivity index (χ3n) is 5.15. The number of likely N-dealkylation sites (tertiary alicyclic amines) is 1. The number of carbonyl (C=O) groups is 2. The number of rotatable bonds is 2. The van der Waals surface area contributed by atoms with Gasteiger partial charge in [-0.1, -0.05) is 18.2 Å². The van der Waals surface area contributed by atoms with Crippen molar-refractivity contribution in [3.8, 4) is 0 Å². The standard InChI is InChI=1S/C18H22N4O2/c1-20-6-8-21(9-7-20)17(23)13-11-22(12-13)18(24)15-10-19-16-5-3-2-4-14(15)16/h2-5,10,13,19H,6-9,11-12H2,1H3. The summed E-state index contributed by atoms with van der Waals surface area (Å²) in [7, 11) is 2.08. The molecular formula is C18H22N4O2. The fourth-order valence-corrected chi connectivity index (χ4v) is 3.50. The van der Waals surface area contributed by atoms with Gasteiger partial charge in [0, 0.05) is 56.4 Å². The van der Waals surface area contributed by atoms with E-state index >= 15 is 0 Å². The SMILES string of the molecule is CN1CCN(C(=O)C2CN(C(=O)c3c[nH]c4ccccc34)C2)CC1. The zero-order chi connectivity index (χ0) is 16.7. The van der Waals surface area contributed by atoms with E-state index in [0.717, 1.165) is 37.1 Å². The molecule has 0 radical (unpaired) electrons. The minimum Gasteiger partial charge on any atom is -0.360 e. The van der Waals surface area contributed by atoms with Crippen molar-refractivity contribution >= 4 is 22.7 Å². The van der Waals surface area contributed by atoms with Gasteiger partial charge in [0.25, 0.3) is 5.91 Å². The number of piperazine rings is 1. The summed E-state index contributed by atoms with van der Waals surface area (Å²) in [4.78, 5) is 34.3. The summed E-state index contributed by atoms with van der Waals surface area (Å²) in [5.41, 5.74) is 1.66. The van der Waals surface area contributed by atoms with Crippen molar-refractivity contribution in [3.05, 3.63) is 36.0 Å². The molecule has 126 valence electrons. The van der Waals surface area contributed by atoms with Crippen molar-refractivity contribution in [2.45, 2.75) is 0 Å². The molecule has 3 heterocycles. The second-order valence-electron chi connectivity index (χ2n) is 6.78. The lowest BCUT2D eigenvalue weighted by atomic mass is 9.96. The first-order valence-corrected chi connectivity index (χ1v) is 8.46. The van der Waals surface area contributed by atoms with Gasteiger partial charge in [-0.3, -0.25) is 9.59 Å². The Hall–Kier alpha value is -2.34. The van der Waals surface area contributed by atoms with Crippen LogP contribution in [0.1, 0.15) is 10.4 Å². The van der Waals surface area contributed by atoms with Gasteiger partial charge in [-0.2, -0.15) is 0 Å². The predicted octanol–water partition coefficient (Wildman–Crippen LogP) is 1.01. The normalized spacial score (nSPS) is 19.5. The lowest BCUT2D eigenvalue weighted by molar-refractivity contribution is -0.141. The van der Waals surface area contributed by atoms with E-state index in [0.29, 0.717) is 18.7 Å². The predicted molar refractivity (Wildman–Crippen MR) is 91.8 cm³/mol. The van der Waals surface area contributed by atoms with Crippen molar-refractivity contribution in [1.29, 1.82) is 0 Å². The van der Waals surface area contributed by atoms with E-state index in [2.05, 4.69) is 16.9 Å². The van der Waals surface area contributed by atoms with Gasteiger partial charge in [0.1, 0.15) is 0 Å². The van der Waals surface area contributed by atoms with Crippen LogP contribution in [0.3, 0.4) is 0 Å². The number of amides is 2. The maximum absolute atomic E-state index is 12.7. The van der Waals surface area contributed by atoms with E-state index in [1.165, 1.54) is 0 Å². The van der Waals surface area contributed by atoms with Gasteiger partial charge in [-0.25, -0.2) is 0 Å². The monoisotopic (exact) mass is 326 g/mol. The zero-order valence-corrected chi connectivity index (χ0v) is 13.9. The Morgan fingerprint density at radius 1 is 1.04 bits per heavy atom. The van der Waals surface area contributed by atoms with Crippen LogP contribution in [-0.4, -0.2) is 77.8 Å². The molecule has 2 fully saturated rings. The summed E-state index contributed by atoms with van der Waals surface area (Å²) in [5, 5.41) is 0.941. The Morgan fingerprint density at radius 2 is 1.75 bits per heavy atom. The van der Waals surface area contributed by atoms with Crippen molar-refractivity contribution in [3.63, 3.8) is 0 Å². The number of fused-ring (bicyclic) bond motifs is 1. The van der Waals surface area contributed by atoms with Crippen molar-refractivity contribution in [1.82, 2.24) is 19.7 Å². The maximum Gasteiger partial charge on any atom is 0.256 e. The smallest absolute Gasteiger partial charge is 0.256 e. The number of aromatic nitrogens is 1. The maximum atomic E-state index is 12.7. The van der Waals surface area contributed by atoms with Crippen LogP contribution in [0.2, 0.25) is 0 Å². The highest BCUT2D eigenvalue weighted by Crippen LogP contribution is 2.25. The Labute approximate surface area is 141 Å². The number of hydrogen-bond acceptors (Lipinski definition) is 3. The van der Waals surface area contributed by atoms with Crippen LogP contribution in [0.25, 0.3) is 10.9 Å². The molecule has 6 heteroatoms. The summed E-state index contributed by atoms with van der Waals surface area (Å²) >= 11 is 0. The second-order valence-corrected chi connectivity index (χ2v) is 6.78. The number of benzene rings is 1. The van der Waals surface area contributed by atoms with Crippen LogP contribution in [0, 0.1) is 5.92 Å². The van der Waals surface area contributed by atoms with Crippen LogP contribution >= 0.6 is 0 Å².